The Labute approximate surface area is 150 Å². The summed E-state index contributed by atoms with van der Waals surface area (Å²) >= 11 is 6.07. The minimum Gasteiger partial charge on any atom is -0.489 e. The number of aliphatic hydroxyl groups excluding tert-OH is 1. The monoisotopic (exact) mass is 356 g/mol. The van der Waals surface area contributed by atoms with Crippen molar-refractivity contribution in [3.63, 3.8) is 0 Å². The van der Waals surface area contributed by atoms with Gasteiger partial charge in [-0.05, 0) is 26.0 Å². The number of hydrogen-bond acceptors (Lipinski definition) is 5. The Balaban J connectivity index is 1.75. The van der Waals surface area contributed by atoms with Gasteiger partial charge in [0.15, 0.2) is 0 Å². The molecule has 0 spiro atoms. The van der Waals surface area contributed by atoms with E-state index in [-0.39, 0.29) is 6.61 Å². The lowest BCUT2D eigenvalue weighted by molar-refractivity contribution is 0.0221. The standard InChI is InChI=1S/C18H29ClN2O3/c1-15(2)21(8-7-20-9-11-23-12-10-20)13-16(22)14-24-18-6-4-3-5-17(18)19/h3-6,15-16,22H,7-14H2,1-2H3. The smallest absolute Gasteiger partial charge is 0.138 e. The Bertz CT molecular complexity index is 481. The second kappa shape index (κ2) is 10.2. The molecule has 1 aromatic carbocycles. The molecule has 1 aliphatic rings. The minimum atomic E-state index is -0.548. The number of benzene rings is 1. The number of halogens is 1. The van der Waals surface area contributed by atoms with Gasteiger partial charge in [-0.3, -0.25) is 9.80 Å². The van der Waals surface area contributed by atoms with Crippen LogP contribution in [0.15, 0.2) is 24.3 Å². The van der Waals surface area contributed by atoms with Gasteiger partial charge in [0, 0.05) is 38.8 Å². The third-order valence-electron chi connectivity index (χ3n) is 4.25. The average Bonchev–Trinajstić information content (AvgIpc) is 2.58. The van der Waals surface area contributed by atoms with Crippen LogP contribution in [-0.4, -0.2) is 79.6 Å². The van der Waals surface area contributed by atoms with Crippen LogP contribution in [-0.2, 0) is 4.74 Å². The van der Waals surface area contributed by atoms with Gasteiger partial charge >= 0.3 is 0 Å². The second-order valence-electron chi connectivity index (χ2n) is 6.44. The fourth-order valence-electron chi connectivity index (χ4n) is 2.73. The minimum absolute atomic E-state index is 0.241. The summed E-state index contributed by atoms with van der Waals surface area (Å²) in [6.07, 6.45) is -0.548. The summed E-state index contributed by atoms with van der Waals surface area (Å²) in [6.45, 7) is 10.7. The third-order valence-corrected chi connectivity index (χ3v) is 4.56. The molecule has 1 heterocycles. The molecule has 6 heteroatoms. The number of ether oxygens (including phenoxy) is 2. The Kier molecular flexibility index (Phi) is 8.29. The molecule has 0 radical (unpaired) electrons. The maximum Gasteiger partial charge on any atom is 0.138 e. The highest BCUT2D eigenvalue weighted by atomic mass is 35.5. The quantitative estimate of drug-likeness (QED) is 0.734. The summed E-state index contributed by atoms with van der Waals surface area (Å²) in [5.41, 5.74) is 0. The van der Waals surface area contributed by atoms with E-state index in [2.05, 4.69) is 23.6 Å². The summed E-state index contributed by atoms with van der Waals surface area (Å²) < 4.78 is 11.0. The first-order valence-corrected chi connectivity index (χ1v) is 9.03. The van der Waals surface area contributed by atoms with Crippen molar-refractivity contribution in [1.82, 2.24) is 9.80 Å². The van der Waals surface area contributed by atoms with Gasteiger partial charge in [0.1, 0.15) is 18.5 Å². The zero-order chi connectivity index (χ0) is 17.4. The van der Waals surface area contributed by atoms with Gasteiger partial charge in [-0.2, -0.15) is 0 Å². The number of para-hydroxylation sites is 1. The van der Waals surface area contributed by atoms with E-state index in [4.69, 9.17) is 21.1 Å². The highest BCUT2D eigenvalue weighted by molar-refractivity contribution is 6.32. The largest absolute Gasteiger partial charge is 0.489 e. The highest BCUT2D eigenvalue weighted by Crippen LogP contribution is 2.23. The first-order chi connectivity index (χ1) is 11.6. The van der Waals surface area contributed by atoms with E-state index in [1.54, 1.807) is 6.07 Å². The molecule has 1 fully saturated rings. The van der Waals surface area contributed by atoms with Crippen molar-refractivity contribution in [3.8, 4) is 5.75 Å². The molecule has 0 saturated carbocycles. The van der Waals surface area contributed by atoms with E-state index in [0.717, 1.165) is 39.4 Å². The first-order valence-electron chi connectivity index (χ1n) is 8.66. The van der Waals surface area contributed by atoms with Gasteiger partial charge < -0.3 is 14.6 Å². The number of nitrogens with zero attached hydrogens (tertiary/aromatic N) is 2. The molecular weight excluding hydrogens is 328 g/mol. The average molecular weight is 357 g/mol. The molecule has 24 heavy (non-hydrogen) atoms. The van der Waals surface area contributed by atoms with E-state index in [1.807, 2.05) is 18.2 Å². The molecule has 1 N–H and O–H groups in total. The molecule has 0 aromatic heterocycles. The van der Waals surface area contributed by atoms with Crippen LogP contribution < -0.4 is 4.74 Å². The van der Waals surface area contributed by atoms with Crippen LogP contribution in [0, 0.1) is 0 Å². The summed E-state index contributed by atoms with van der Waals surface area (Å²) in [4.78, 5) is 4.70. The lowest BCUT2D eigenvalue weighted by Crippen LogP contribution is -2.46. The van der Waals surface area contributed by atoms with Gasteiger partial charge in [0.05, 0.1) is 18.2 Å². The number of hydrogen-bond donors (Lipinski definition) is 1. The van der Waals surface area contributed by atoms with Crippen molar-refractivity contribution in [2.45, 2.75) is 26.0 Å². The molecule has 1 unspecified atom stereocenters. The van der Waals surface area contributed by atoms with Gasteiger partial charge in [-0.15, -0.1) is 0 Å². The van der Waals surface area contributed by atoms with Crippen LogP contribution in [0.1, 0.15) is 13.8 Å². The van der Waals surface area contributed by atoms with Crippen molar-refractivity contribution in [1.29, 1.82) is 0 Å². The zero-order valence-corrected chi connectivity index (χ0v) is 15.4. The highest BCUT2D eigenvalue weighted by Gasteiger charge is 2.18. The summed E-state index contributed by atoms with van der Waals surface area (Å²) in [6, 6.07) is 7.70. The second-order valence-corrected chi connectivity index (χ2v) is 6.85. The van der Waals surface area contributed by atoms with Gasteiger partial charge in [0.25, 0.3) is 0 Å². The van der Waals surface area contributed by atoms with Crippen LogP contribution in [0.25, 0.3) is 0 Å². The van der Waals surface area contributed by atoms with Crippen molar-refractivity contribution < 1.29 is 14.6 Å². The zero-order valence-electron chi connectivity index (χ0n) is 14.7. The van der Waals surface area contributed by atoms with Crippen molar-refractivity contribution in [2.75, 3.05) is 52.5 Å². The number of aliphatic hydroxyl groups is 1. The van der Waals surface area contributed by atoms with Crippen LogP contribution >= 0.6 is 11.6 Å². The Hall–Kier alpha value is -0.850. The van der Waals surface area contributed by atoms with Crippen molar-refractivity contribution in [3.05, 3.63) is 29.3 Å². The van der Waals surface area contributed by atoms with E-state index >= 15 is 0 Å². The molecular formula is C18H29ClN2O3. The SMILES string of the molecule is CC(C)N(CCN1CCOCC1)CC(O)COc1ccccc1Cl. The molecule has 1 saturated heterocycles. The van der Waals surface area contributed by atoms with Crippen molar-refractivity contribution >= 4 is 11.6 Å². The fourth-order valence-corrected chi connectivity index (χ4v) is 2.92. The summed E-state index contributed by atoms with van der Waals surface area (Å²) in [5.74, 6) is 0.614. The molecule has 0 amide bonds. The third kappa shape index (κ3) is 6.57. The fraction of sp³-hybridized carbons (Fsp3) is 0.667. The Morgan fingerprint density at radius 2 is 2.00 bits per heavy atom. The van der Waals surface area contributed by atoms with Crippen molar-refractivity contribution in [2.24, 2.45) is 0 Å². The van der Waals surface area contributed by atoms with Gasteiger partial charge in [0.2, 0.25) is 0 Å². The number of morpholine rings is 1. The molecule has 0 bridgehead atoms. The number of rotatable bonds is 9. The van der Waals surface area contributed by atoms with Crippen LogP contribution in [0.3, 0.4) is 0 Å². The maximum absolute atomic E-state index is 10.3. The lowest BCUT2D eigenvalue weighted by Gasteiger charge is -2.33. The molecule has 0 aliphatic carbocycles. The summed E-state index contributed by atoms with van der Waals surface area (Å²) in [5, 5.41) is 10.9. The van der Waals surface area contributed by atoms with Crippen LogP contribution in [0.5, 0.6) is 5.75 Å². The van der Waals surface area contributed by atoms with E-state index in [1.165, 1.54) is 0 Å². The van der Waals surface area contributed by atoms with Gasteiger partial charge in [-0.25, -0.2) is 0 Å². The Morgan fingerprint density at radius 1 is 1.29 bits per heavy atom. The van der Waals surface area contributed by atoms with Gasteiger partial charge in [-0.1, -0.05) is 23.7 Å². The predicted octanol–water partition coefficient (Wildman–Crippen LogP) is 2.12. The Morgan fingerprint density at radius 3 is 2.67 bits per heavy atom. The summed E-state index contributed by atoms with van der Waals surface area (Å²) in [7, 11) is 0. The van der Waals surface area contributed by atoms with Crippen LogP contribution in [0.2, 0.25) is 5.02 Å². The predicted molar refractivity (Wildman–Crippen MR) is 96.9 cm³/mol. The molecule has 1 atom stereocenters. The lowest BCUT2D eigenvalue weighted by atomic mass is 10.2. The maximum atomic E-state index is 10.3. The molecule has 1 aromatic rings. The van der Waals surface area contributed by atoms with Crippen LogP contribution in [0.4, 0.5) is 0 Å². The van der Waals surface area contributed by atoms with E-state index in [0.29, 0.717) is 23.4 Å². The molecule has 136 valence electrons. The normalized spacial score (nSPS) is 17.4. The van der Waals surface area contributed by atoms with E-state index in [9.17, 15) is 5.11 Å². The molecule has 2 rings (SSSR count). The topological polar surface area (TPSA) is 45.2 Å². The molecule has 1 aliphatic heterocycles. The van der Waals surface area contributed by atoms with E-state index < -0.39 is 6.10 Å². The first kappa shape index (κ1) is 19.5. The molecule has 5 nitrogen and oxygen atoms in total.